The zero-order valence-corrected chi connectivity index (χ0v) is 16.2. The molecule has 160 valence electrons. The second-order valence-electron chi connectivity index (χ2n) is 7.29. The van der Waals surface area contributed by atoms with Gasteiger partial charge in [-0.15, -0.1) is 0 Å². The number of hydrogen-bond acceptors (Lipinski definition) is 4. The van der Waals surface area contributed by atoms with Gasteiger partial charge in [0, 0.05) is 10.9 Å². The van der Waals surface area contributed by atoms with Gasteiger partial charge in [0.15, 0.2) is 0 Å². The van der Waals surface area contributed by atoms with Gasteiger partial charge in [-0.25, -0.2) is 18.8 Å². The molecule has 2 N–H and O–H groups in total. The Morgan fingerprint density at radius 2 is 1.84 bits per heavy atom. The van der Waals surface area contributed by atoms with E-state index in [1.807, 2.05) is 24.5 Å². The van der Waals surface area contributed by atoms with E-state index in [2.05, 4.69) is 4.98 Å². The number of para-hydroxylation sites is 1. The van der Waals surface area contributed by atoms with Crippen molar-refractivity contribution in [2.45, 2.75) is 25.5 Å². The van der Waals surface area contributed by atoms with Gasteiger partial charge in [-0.2, -0.15) is 8.78 Å². The van der Waals surface area contributed by atoms with Gasteiger partial charge in [-0.3, -0.25) is 10.2 Å². The molecular weight excluding hydrogens is 414 g/mol. The van der Waals surface area contributed by atoms with Crippen molar-refractivity contribution in [3.05, 3.63) is 77.5 Å². The molecule has 1 amide bonds. The first-order valence-corrected chi connectivity index (χ1v) is 9.33. The molecule has 2 aromatic carbocycles. The van der Waals surface area contributed by atoms with Crippen molar-refractivity contribution in [1.82, 2.24) is 15.4 Å². The quantitative estimate of drug-likeness (QED) is 0.594. The summed E-state index contributed by atoms with van der Waals surface area (Å²) in [6.45, 7) is 1.91. The average Bonchev–Trinajstić information content (AvgIpc) is 3.12. The molecule has 1 saturated heterocycles. The first-order chi connectivity index (χ1) is 14.7. The number of nitrogens with zero attached hydrogens (tertiary/aromatic N) is 2. The first-order valence-electron chi connectivity index (χ1n) is 9.33. The number of benzene rings is 2. The summed E-state index contributed by atoms with van der Waals surface area (Å²) in [7, 11) is 0. The third-order valence-electron chi connectivity index (χ3n) is 5.15. The van der Waals surface area contributed by atoms with Crippen molar-refractivity contribution in [3.63, 3.8) is 0 Å². The summed E-state index contributed by atoms with van der Waals surface area (Å²) in [5, 5.41) is 10.9. The fraction of sp³-hybridized carbons (Fsp3) is 0.182. The van der Waals surface area contributed by atoms with Gasteiger partial charge in [0.2, 0.25) is 5.72 Å². The Morgan fingerprint density at radius 3 is 2.48 bits per heavy atom. The maximum absolute atomic E-state index is 13.6. The van der Waals surface area contributed by atoms with Crippen molar-refractivity contribution in [2.24, 2.45) is 0 Å². The van der Waals surface area contributed by atoms with E-state index < -0.39 is 36.3 Å². The van der Waals surface area contributed by atoms with Gasteiger partial charge in [0.25, 0.3) is 18.4 Å². The van der Waals surface area contributed by atoms with E-state index in [-0.39, 0.29) is 10.6 Å². The lowest BCUT2D eigenvalue weighted by atomic mass is 10.0. The molecule has 1 unspecified atom stereocenters. The number of aliphatic hydroxyl groups is 1. The summed E-state index contributed by atoms with van der Waals surface area (Å²) >= 11 is 0. The lowest BCUT2D eigenvalue weighted by Crippen LogP contribution is -2.55. The Balaban J connectivity index is 1.87. The van der Waals surface area contributed by atoms with Crippen LogP contribution in [-0.4, -0.2) is 33.2 Å². The molecule has 0 radical (unpaired) electrons. The van der Waals surface area contributed by atoms with E-state index in [1.54, 1.807) is 36.4 Å². The number of fused-ring (bicyclic) bond motifs is 1. The highest BCUT2D eigenvalue weighted by Gasteiger charge is 2.53. The first kappa shape index (κ1) is 20.8. The monoisotopic (exact) mass is 431 g/mol. The summed E-state index contributed by atoms with van der Waals surface area (Å²) in [5.41, 5.74) is 0.337. The number of carbonyl (C=O) groups excluding carboxylic acids is 1. The van der Waals surface area contributed by atoms with Gasteiger partial charge in [-0.05, 0) is 19.1 Å². The maximum atomic E-state index is 13.6. The second-order valence-corrected chi connectivity index (χ2v) is 7.29. The smallest absolute Gasteiger partial charge is 0.291 e. The molecule has 9 heteroatoms. The van der Waals surface area contributed by atoms with Gasteiger partial charge in [0.05, 0.1) is 23.2 Å². The van der Waals surface area contributed by atoms with Crippen LogP contribution in [0.25, 0.3) is 22.2 Å². The molecule has 4 rings (SSSR count). The zero-order chi connectivity index (χ0) is 22.3. The Labute approximate surface area is 174 Å². The van der Waals surface area contributed by atoms with E-state index >= 15 is 0 Å². The fourth-order valence-electron chi connectivity index (χ4n) is 3.47. The fourth-order valence-corrected chi connectivity index (χ4v) is 3.47. The molecule has 1 atom stereocenters. The van der Waals surface area contributed by atoms with E-state index in [9.17, 15) is 27.5 Å². The summed E-state index contributed by atoms with van der Waals surface area (Å²) in [6, 6.07) is 15.2. The number of alkyl halides is 2. The molecule has 1 aliphatic rings. The molecule has 0 aliphatic carbocycles. The van der Waals surface area contributed by atoms with Crippen LogP contribution in [0.3, 0.4) is 0 Å². The van der Waals surface area contributed by atoms with Crippen molar-refractivity contribution in [2.75, 3.05) is 0 Å². The molecule has 31 heavy (non-hydrogen) atoms. The van der Waals surface area contributed by atoms with Crippen LogP contribution in [0.4, 0.5) is 17.6 Å². The number of halogens is 4. The number of carbonyl (C=O) groups is 1. The minimum Gasteiger partial charge on any atom is -0.364 e. The van der Waals surface area contributed by atoms with Gasteiger partial charge < -0.3 is 5.11 Å². The molecule has 5 nitrogen and oxygen atoms in total. The number of hydrogen-bond donors (Lipinski definition) is 2. The number of hydrazine groups is 1. The zero-order valence-electron chi connectivity index (χ0n) is 16.2. The molecule has 2 heterocycles. The topological polar surface area (TPSA) is 65.5 Å². The van der Waals surface area contributed by atoms with Crippen molar-refractivity contribution < 1.29 is 27.5 Å². The van der Waals surface area contributed by atoms with Crippen molar-refractivity contribution >= 4 is 16.8 Å². The van der Waals surface area contributed by atoms with Crippen LogP contribution in [0.15, 0.2) is 66.4 Å². The molecule has 3 aromatic rings. The minimum absolute atomic E-state index is 0.0618. The third-order valence-corrected chi connectivity index (χ3v) is 5.15. The molecule has 1 fully saturated rings. The van der Waals surface area contributed by atoms with Gasteiger partial charge in [0.1, 0.15) is 5.70 Å². The predicted molar refractivity (Wildman–Crippen MR) is 106 cm³/mol. The average molecular weight is 431 g/mol. The number of pyridine rings is 1. The number of aryl methyl sites for hydroxylation is 1. The standard InChI is InChI=1S/C22H17F4N3O2/c1-12-6-8-13(9-7-12)17-10-15(14-4-2-3-5-16(14)27-17)20(30)29-22(31,21(25)26)11-18(28-29)19(23)24/h2-10,21,28,31H,11H2,1H3. The lowest BCUT2D eigenvalue weighted by molar-refractivity contribution is -0.168. The Kier molecular flexibility index (Phi) is 5.14. The summed E-state index contributed by atoms with van der Waals surface area (Å²) in [5.74, 6) is -1.08. The number of nitrogens with one attached hydrogen (secondary N) is 1. The summed E-state index contributed by atoms with van der Waals surface area (Å²) in [6.07, 6.45) is -6.88. The molecule has 0 bridgehead atoms. The SMILES string of the molecule is Cc1ccc(-c2cc(C(=O)N3NC(=C(F)F)CC3(O)C(F)F)c3ccccc3n2)cc1. The largest absolute Gasteiger partial charge is 0.364 e. The number of rotatable bonds is 3. The van der Waals surface area contributed by atoms with E-state index in [0.717, 1.165) is 5.56 Å². The van der Waals surface area contributed by atoms with Crippen LogP contribution in [-0.2, 0) is 0 Å². The number of aromatic nitrogens is 1. The highest BCUT2D eigenvalue weighted by atomic mass is 19.3. The predicted octanol–water partition coefficient (Wildman–Crippen LogP) is 4.62. The summed E-state index contributed by atoms with van der Waals surface area (Å²) in [4.78, 5) is 17.8. The number of amides is 1. The van der Waals surface area contributed by atoms with Crippen LogP contribution in [0.5, 0.6) is 0 Å². The van der Waals surface area contributed by atoms with Crippen LogP contribution in [0.2, 0.25) is 0 Å². The van der Waals surface area contributed by atoms with Gasteiger partial charge >= 0.3 is 0 Å². The molecule has 0 saturated carbocycles. The normalized spacial score (nSPS) is 18.5. The lowest BCUT2D eigenvalue weighted by Gasteiger charge is -2.31. The van der Waals surface area contributed by atoms with E-state index in [1.165, 1.54) is 6.07 Å². The molecule has 0 spiro atoms. The highest BCUT2D eigenvalue weighted by Crippen LogP contribution is 2.36. The van der Waals surface area contributed by atoms with Crippen LogP contribution >= 0.6 is 0 Å². The van der Waals surface area contributed by atoms with Crippen molar-refractivity contribution in [3.8, 4) is 11.3 Å². The Morgan fingerprint density at radius 1 is 1.16 bits per heavy atom. The molecular formula is C22H17F4N3O2. The second kappa shape index (κ2) is 7.66. The maximum Gasteiger partial charge on any atom is 0.291 e. The van der Waals surface area contributed by atoms with Crippen LogP contribution in [0.1, 0.15) is 22.3 Å². The molecule has 1 aromatic heterocycles. The van der Waals surface area contributed by atoms with Gasteiger partial charge in [-0.1, -0.05) is 48.0 Å². The van der Waals surface area contributed by atoms with Crippen LogP contribution < -0.4 is 5.43 Å². The molecule has 1 aliphatic heterocycles. The van der Waals surface area contributed by atoms with Crippen LogP contribution in [0, 0.1) is 6.92 Å². The van der Waals surface area contributed by atoms with Crippen molar-refractivity contribution in [1.29, 1.82) is 0 Å². The van der Waals surface area contributed by atoms with E-state index in [4.69, 9.17) is 0 Å². The summed E-state index contributed by atoms with van der Waals surface area (Å²) < 4.78 is 53.4. The minimum atomic E-state index is -3.48. The Bertz CT molecular complexity index is 1190. The third kappa shape index (κ3) is 3.61. The van der Waals surface area contributed by atoms with E-state index in [0.29, 0.717) is 22.2 Å². The highest BCUT2D eigenvalue weighted by molar-refractivity contribution is 6.07. The Hall–Kier alpha value is -3.46.